The van der Waals surface area contributed by atoms with E-state index >= 15 is 0 Å². The Morgan fingerprint density at radius 3 is 2.65 bits per heavy atom. The monoisotopic (exact) mass is 479 g/mol. The molecule has 0 atom stereocenters. The Bertz CT molecular complexity index is 1420. The van der Waals surface area contributed by atoms with E-state index in [2.05, 4.69) is 15.5 Å². The lowest BCUT2D eigenvalue weighted by atomic mass is 10.1. The highest BCUT2D eigenvalue weighted by atomic mass is 32.1. The van der Waals surface area contributed by atoms with Crippen molar-refractivity contribution in [2.45, 2.75) is 20.8 Å². The Balaban J connectivity index is 1.34. The summed E-state index contributed by atoms with van der Waals surface area (Å²) >= 11 is 1.64. The number of rotatable bonds is 5. The fraction of sp³-hybridized carbons (Fsp3) is 0.250. The number of amides is 1. The number of thiophene rings is 1. The lowest BCUT2D eigenvalue weighted by Gasteiger charge is -2.19. The highest BCUT2D eigenvalue weighted by Gasteiger charge is 2.22. The van der Waals surface area contributed by atoms with Crippen molar-refractivity contribution < 1.29 is 28.3 Å². The SMILES string of the molecule is Cc1cc(-c2cc(C(=O)OCC(=O)Nc3ccc4c(c3)OCCO4)c3c(C)noc3n2)c(C)s1. The zero-order chi connectivity index (χ0) is 23.8. The molecule has 9 nitrogen and oxygen atoms in total. The van der Waals surface area contributed by atoms with Crippen LogP contribution in [0.4, 0.5) is 5.69 Å². The predicted octanol–water partition coefficient (Wildman–Crippen LogP) is 4.44. The summed E-state index contributed by atoms with van der Waals surface area (Å²) in [6, 6.07) is 8.74. The number of aromatic nitrogens is 2. The van der Waals surface area contributed by atoms with Gasteiger partial charge in [-0.05, 0) is 45.0 Å². The first kappa shape index (κ1) is 21.9. The van der Waals surface area contributed by atoms with Gasteiger partial charge in [-0.2, -0.15) is 0 Å². The standard InChI is InChI=1S/C24H21N3O6S/c1-12-8-16(14(3)34-12)18-10-17(22-13(2)27-33-23(22)26-18)24(29)32-11-21(28)25-15-4-5-19-20(9-15)31-7-6-30-19/h4-5,8-10H,6-7,11H2,1-3H3,(H,25,28). The zero-order valence-corrected chi connectivity index (χ0v) is 19.6. The number of carbonyl (C=O) groups excluding carboxylic acids is 2. The van der Waals surface area contributed by atoms with Gasteiger partial charge in [0.2, 0.25) is 0 Å². The number of pyridine rings is 1. The Labute approximate surface area is 198 Å². The topological polar surface area (TPSA) is 113 Å². The first-order chi connectivity index (χ1) is 16.4. The van der Waals surface area contributed by atoms with Gasteiger partial charge in [-0.15, -0.1) is 11.3 Å². The highest BCUT2D eigenvalue weighted by molar-refractivity contribution is 7.12. The third-order valence-electron chi connectivity index (χ3n) is 5.31. The molecule has 174 valence electrons. The molecule has 0 saturated carbocycles. The van der Waals surface area contributed by atoms with Crippen molar-refractivity contribution >= 4 is 40.0 Å². The van der Waals surface area contributed by atoms with Crippen molar-refractivity contribution in [3.63, 3.8) is 0 Å². The second kappa shape index (κ2) is 8.79. The summed E-state index contributed by atoms with van der Waals surface area (Å²) in [5.74, 6) is 0.0201. The summed E-state index contributed by atoms with van der Waals surface area (Å²) in [6.45, 7) is 6.18. The molecule has 0 bridgehead atoms. The minimum Gasteiger partial charge on any atom is -0.486 e. The van der Waals surface area contributed by atoms with E-state index < -0.39 is 18.5 Å². The molecule has 0 unspecified atom stereocenters. The lowest BCUT2D eigenvalue weighted by Crippen LogP contribution is -2.21. The lowest BCUT2D eigenvalue weighted by molar-refractivity contribution is -0.119. The van der Waals surface area contributed by atoms with E-state index in [0.717, 1.165) is 15.3 Å². The molecular weight excluding hydrogens is 458 g/mol. The first-order valence-electron chi connectivity index (χ1n) is 10.6. The number of esters is 1. The van der Waals surface area contributed by atoms with Crippen molar-refractivity contribution in [2.24, 2.45) is 0 Å². The van der Waals surface area contributed by atoms with Crippen LogP contribution >= 0.6 is 11.3 Å². The Morgan fingerprint density at radius 2 is 1.88 bits per heavy atom. The summed E-state index contributed by atoms with van der Waals surface area (Å²) in [4.78, 5) is 32.2. The minimum absolute atomic E-state index is 0.242. The number of carbonyl (C=O) groups is 2. The van der Waals surface area contributed by atoms with Crippen molar-refractivity contribution in [1.82, 2.24) is 10.1 Å². The maximum atomic E-state index is 13.0. The van der Waals surface area contributed by atoms with Crippen LogP contribution in [0.5, 0.6) is 11.5 Å². The number of benzene rings is 1. The zero-order valence-electron chi connectivity index (χ0n) is 18.8. The van der Waals surface area contributed by atoms with Gasteiger partial charge in [0.1, 0.15) is 13.2 Å². The van der Waals surface area contributed by atoms with E-state index in [0.29, 0.717) is 47.2 Å². The number of fused-ring (bicyclic) bond motifs is 2. The molecule has 3 aromatic heterocycles. The van der Waals surface area contributed by atoms with Crippen LogP contribution in [-0.4, -0.2) is 41.8 Å². The molecule has 1 N–H and O–H groups in total. The van der Waals surface area contributed by atoms with Crippen molar-refractivity contribution in [2.75, 3.05) is 25.1 Å². The maximum absolute atomic E-state index is 13.0. The first-order valence-corrected chi connectivity index (χ1v) is 11.4. The number of hydrogen-bond donors (Lipinski definition) is 1. The van der Waals surface area contributed by atoms with Crippen LogP contribution in [0, 0.1) is 20.8 Å². The van der Waals surface area contributed by atoms with Crippen molar-refractivity contribution in [3.8, 4) is 22.8 Å². The van der Waals surface area contributed by atoms with Crippen molar-refractivity contribution in [1.29, 1.82) is 0 Å². The summed E-state index contributed by atoms with van der Waals surface area (Å²) in [6.07, 6.45) is 0. The molecular formula is C24H21N3O6S. The van der Waals surface area contributed by atoms with E-state index in [1.54, 1.807) is 42.5 Å². The van der Waals surface area contributed by atoms with Gasteiger partial charge in [0.15, 0.2) is 18.1 Å². The average molecular weight is 480 g/mol. The van der Waals surface area contributed by atoms with Crippen LogP contribution in [0.25, 0.3) is 22.4 Å². The second-order valence-electron chi connectivity index (χ2n) is 7.81. The number of nitrogens with zero attached hydrogens (tertiary/aromatic N) is 2. The fourth-order valence-corrected chi connectivity index (χ4v) is 4.74. The number of ether oxygens (including phenoxy) is 3. The molecule has 4 heterocycles. The molecule has 1 aromatic carbocycles. The molecule has 0 fully saturated rings. The summed E-state index contributed by atoms with van der Waals surface area (Å²) in [5.41, 5.74) is 3.00. The summed E-state index contributed by atoms with van der Waals surface area (Å²) in [5, 5.41) is 7.10. The molecule has 4 aromatic rings. The van der Waals surface area contributed by atoms with Crippen LogP contribution in [-0.2, 0) is 9.53 Å². The highest BCUT2D eigenvalue weighted by Crippen LogP contribution is 2.34. The van der Waals surface area contributed by atoms with Gasteiger partial charge in [0, 0.05) is 27.1 Å². The number of hydrogen-bond acceptors (Lipinski definition) is 9. The van der Waals surface area contributed by atoms with Gasteiger partial charge in [-0.1, -0.05) is 5.16 Å². The van der Waals surface area contributed by atoms with Crippen LogP contribution in [0.2, 0.25) is 0 Å². The molecule has 34 heavy (non-hydrogen) atoms. The summed E-state index contributed by atoms with van der Waals surface area (Å²) in [7, 11) is 0. The average Bonchev–Trinajstić information content (AvgIpc) is 3.37. The van der Waals surface area contributed by atoms with Gasteiger partial charge < -0.3 is 24.1 Å². The maximum Gasteiger partial charge on any atom is 0.339 e. The Kier molecular flexibility index (Phi) is 5.66. The number of nitrogens with one attached hydrogen (secondary N) is 1. The number of anilines is 1. The Morgan fingerprint density at radius 1 is 1.09 bits per heavy atom. The molecule has 0 radical (unpaired) electrons. The van der Waals surface area contributed by atoms with E-state index in [9.17, 15) is 9.59 Å². The molecule has 5 rings (SSSR count). The smallest absolute Gasteiger partial charge is 0.339 e. The minimum atomic E-state index is -0.665. The largest absolute Gasteiger partial charge is 0.486 e. The van der Waals surface area contributed by atoms with Gasteiger partial charge in [-0.25, -0.2) is 9.78 Å². The van der Waals surface area contributed by atoms with Crippen LogP contribution < -0.4 is 14.8 Å². The van der Waals surface area contributed by atoms with Gasteiger partial charge in [0.05, 0.1) is 22.3 Å². The summed E-state index contributed by atoms with van der Waals surface area (Å²) < 4.78 is 21.7. The van der Waals surface area contributed by atoms with Crippen LogP contribution in [0.15, 0.2) is 34.9 Å². The normalized spacial score (nSPS) is 12.6. The molecule has 0 spiro atoms. The molecule has 1 aliphatic heterocycles. The molecule has 10 heteroatoms. The second-order valence-corrected chi connectivity index (χ2v) is 9.27. The third-order valence-corrected chi connectivity index (χ3v) is 6.28. The predicted molar refractivity (Wildman–Crippen MR) is 126 cm³/mol. The van der Waals surface area contributed by atoms with Crippen LogP contribution in [0.1, 0.15) is 25.8 Å². The molecule has 1 amide bonds. The molecule has 0 saturated heterocycles. The van der Waals surface area contributed by atoms with E-state index in [-0.39, 0.29) is 11.3 Å². The van der Waals surface area contributed by atoms with Gasteiger partial charge >= 0.3 is 5.97 Å². The van der Waals surface area contributed by atoms with E-state index in [1.165, 1.54) is 0 Å². The molecule has 1 aliphatic rings. The third kappa shape index (κ3) is 4.19. The number of aryl methyl sites for hydroxylation is 3. The van der Waals surface area contributed by atoms with Gasteiger partial charge in [-0.3, -0.25) is 4.79 Å². The van der Waals surface area contributed by atoms with E-state index in [1.807, 2.05) is 19.9 Å². The van der Waals surface area contributed by atoms with Gasteiger partial charge in [0.25, 0.3) is 11.6 Å². The Hall–Kier alpha value is -3.92. The van der Waals surface area contributed by atoms with E-state index in [4.69, 9.17) is 18.7 Å². The quantitative estimate of drug-likeness (QED) is 0.418. The van der Waals surface area contributed by atoms with Crippen LogP contribution in [0.3, 0.4) is 0 Å². The fourth-order valence-electron chi connectivity index (χ4n) is 3.81. The molecule has 0 aliphatic carbocycles. The van der Waals surface area contributed by atoms with Crippen molar-refractivity contribution in [3.05, 3.63) is 51.3 Å².